The van der Waals surface area contributed by atoms with Gasteiger partial charge in [0.2, 0.25) is 0 Å². The van der Waals surface area contributed by atoms with Gasteiger partial charge in [0, 0.05) is 17.8 Å². The number of aromatic amines is 1. The van der Waals surface area contributed by atoms with E-state index in [1.165, 1.54) is 0 Å². The maximum Gasteiger partial charge on any atom is 0.269 e. The Morgan fingerprint density at radius 3 is 2.46 bits per heavy atom. The molecule has 0 saturated heterocycles. The fraction of sp³-hybridized carbons (Fsp3) is 0.700. The lowest BCUT2D eigenvalue weighted by Crippen LogP contribution is -2.17. The minimum absolute atomic E-state index is 0.130. The van der Waals surface area contributed by atoms with Crippen LogP contribution in [0.2, 0.25) is 0 Å². The van der Waals surface area contributed by atoms with E-state index in [0.717, 1.165) is 24.2 Å². The van der Waals surface area contributed by atoms with Crippen molar-refractivity contribution in [3.8, 4) is 0 Å². The summed E-state index contributed by atoms with van der Waals surface area (Å²) in [6.45, 7) is 8.92. The first-order valence-electron chi connectivity index (χ1n) is 4.87. The molecule has 0 bridgehead atoms. The molecule has 3 heteroatoms. The van der Waals surface area contributed by atoms with Gasteiger partial charge < -0.3 is 0 Å². The summed E-state index contributed by atoms with van der Waals surface area (Å²) >= 11 is 0. The second-order valence-corrected chi connectivity index (χ2v) is 3.76. The number of nitrogens with one attached hydrogen (secondary N) is 1. The summed E-state index contributed by atoms with van der Waals surface area (Å²) in [4.78, 5) is 11.6. The van der Waals surface area contributed by atoms with Crippen LogP contribution in [-0.4, -0.2) is 9.78 Å². The molecule has 1 aromatic rings. The Morgan fingerprint density at radius 2 is 2.08 bits per heavy atom. The van der Waals surface area contributed by atoms with Crippen LogP contribution in [0, 0.1) is 6.92 Å². The Kier molecular flexibility index (Phi) is 2.96. The number of aryl methyl sites for hydroxylation is 1. The molecule has 0 fully saturated rings. The summed E-state index contributed by atoms with van der Waals surface area (Å²) in [5, 5.41) is 3.15. The van der Waals surface area contributed by atoms with Crippen LogP contribution in [0.4, 0.5) is 0 Å². The van der Waals surface area contributed by atoms with Crippen LogP contribution < -0.4 is 5.56 Å². The van der Waals surface area contributed by atoms with Crippen LogP contribution in [0.15, 0.2) is 4.79 Å². The van der Waals surface area contributed by atoms with Crippen molar-refractivity contribution in [2.45, 2.75) is 46.6 Å². The average molecular weight is 182 g/mol. The Morgan fingerprint density at radius 1 is 1.46 bits per heavy atom. The molecule has 0 aliphatic heterocycles. The highest BCUT2D eigenvalue weighted by Gasteiger charge is 2.11. The van der Waals surface area contributed by atoms with Gasteiger partial charge in [0.15, 0.2) is 0 Å². The molecule has 0 radical (unpaired) electrons. The van der Waals surface area contributed by atoms with Crippen molar-refractivity contribution in [3.63, 3.8) is 0 Å². The molecule has 74 valence electrons. The number of hydrogen-bond acceptors (Lipinski definition) is 1. The summed E-state index contributed by atoms with van der Waals surface area (Å²) in [5.41, 5.74) is 2.06. The minimum atomic E-state index is 0.130. The third kappa shape index (κ3) is 1.85. The Bertz CT molecular complexity index is 333. The molecule has 1 rings (SSSR count). The highest BCUT2D eigenvalue weighted by atomic mass is 16.1. The highest BCUT2D eigenvalue weighted by Crippen LogP contribution is 2.12. The lowest BCUT2D eigenvalue weighted by molar-refractivity contribution is 0.572. The second kappa shape index (κ2) is 3.81. The van der Waals surface area contributed by atoms with Gasteiger partial charge in [0.05, 0.1) is 0 Å². The van der Waals surface area contributed by atoms with Crippen LogP contribution in [0.25, 0.3) is 0 Å². The maximum absolute atomic E-state index is 11.6. The largest absolute Gasteiger partial charge is 0.299 e. The van der Waals surface area contributed by atoms with Gasteiger partial charge in [-0.05, 0) is 19.3 Å². The highest BCUT2D eigenvalue weighted by molar-refractivity contribution is 5.18. The first-order valence-corrected chi connectivity index (χ1v) is 4.87. The molecule has 1 N–H and O–H groups in total. The zero-order chi connectivity index (χ0) is 10.0. The first kappa shape index (κ1) is 10.1. The van der Waals surface area contributed by atoms with Crippen molar-refractivity contribution in [3.05, 3.63) is 21.6 Å². The molecule has 0 aliphatic carbocycles. The Balaban J connectivity index is 3.13. The van der Waals surface area contributed by atoms with Gasteiger partial charge in [0.25, 0.3) is 5.56 Å². The van der Waals surface area contributed by atoms with Gasteiger partial charge in [-0.15, -0.1) is 0 Å². The number of H-pyrrole nitrogens is 1. The van der Waals surface area contributed by atoms with Crippen LogP contribution in [0.3, 0.4) is 0 Å². The second-order valence-electron chi connectivity index (χ2n) is 3.76. The summed E-state index contributed by atoms with van der Waals surface area (Å²) in [6, 6.07) is 0. The molecule has 13 heavy (non-hydrogen) atoms. The third-order valence-electron chi connectivity index (χ3n) is 2.25. The molecule has 0 amide bonds. The van der Waals surface area contributed by atoms with Crippen molar-refractivity contribution in [1.82, 2.24) is 9.78 Å². The minimum Gasteiger partial charge on any atom is -0.299 e. The first-order chi connectivity index (χ1) is 6.07. The SMILES string of the molecule is CCCn1[nH]c(C(C)C)c(C)c1=O. The normalized spacial score (nSPS) is 11.2. The lowest BCUT2D eigenvalue weighted by Gasteiger charge is -2.02. The monoisotopic (exact) mass is 182 g/mol. The number of hydrogen-bond donors (Lipinski definition) is 1. The Labute approximate surface area is 78.8 Å². The predicted octanol–water partition coefficient (Wildman–Crippen LogP) is 2.02. The standard InChI is InChI=1S/C10H18N2O/c1-5-6-12-10(13)8(4)9(11-12)7(2)3/h7,11H,5-6H2,1-4H3. The summed E-state index contributed by atoms with van der Waals surface area (Å²) in [5.74, 6) is 0.394. The van der Waals surface area contributed by atoms with E-state index in [1.807, 2.05) is 6.92 Å². The van der Waals surface area contributed by atoms with Crippen LogP contribution >= 0.6 is 0 Å². The summed E-state index contributed by atoms with van der Waals surface area (Å²) < 4.78 is 1.70. The van der Waals surface area contributed by atoms with Gasteiger partial charge in [-0.25, -0.2) is 0 Å². The fourth-order valence-corrected chi connectivity index (χ4v) is 1.54. The van der Waals surface area contributed by atoms with Crippen molar-refractivity contribution in [2.75, 3.05) is 0 Å². The molecule has 0 saturated carbocycles. The molecule has 0 aliphatic rings. The molecule has 3 nitrogen and oxygen atoms in total. The van der Waals surface area contributed by atoms with E-state index in [4.69, 9.17) is 0 Å². The van der Waals surface area contributed by atoms with Crippen molar-refractivity contribution in [2.24, 2.45) is 0 Å². The molecular weight excluding hydrogens is 164 g/mol. The topological polar surface area (TPSA) is 37.8 Å². The van der Waals surface area contributed by atoms with Gasteiger partial charge in [0.1, 0.15) is 0 Å². The van der Waals surface area contributed by atoms with E-state index in [0.29, 0.717) is 5.92 Å². The van der Waals surface area contributed by atoms with Crippen molar-refractivity contribution >= 4 is 0 Å². The fourth-order valence-electron chi connectivity index (χ4n) is 1.54. The van der Waals surface area contributed by atoms with Gasteiger partial charge in [-0.3, -0.25) is 14.6 Å². The summed E-state index contributed by atoms with van der Waals surface area (Å²) in [7, 11) is 0. The quantitative estimate of drug-likeness (QED) is 0.763. The zero-order valence-corrected chi connectivity index (χ0v) is 8.85. The molecular formula is C10H18N2O. The van der Waals surface area contributed by atoms with E-state index >= 15 is 0 Å². The van der Waals surface area contributed by atoms with Gasteiger partial charge in [-0.2, -0.15) is 0 Å². The van der Waals surface area contributed by atoms with Crippen LogP contribution in [0.1, 0.15) is 44.4 Å². The van der Waals surface area contributed by atoms with E-state index < -0.39 is 0 Å². The molecule has 0 aromatic carbocycles. The molecule has 1 heterocycles. The molecule has 1 aromatic heterocycles. The van der Waals surface area contributed by atoms with Gasteiger partial charge in [-0.1, -0.05) is 20.8 Å². The van der Waals surface area contributed by atoms with Crippen LogP contribution in [-0.2, 0) is 6.54 Å². The van der Waals surface area contributed by atoms with Crippen molar-refractivity contribution < 1.29 is 0 Å². The maximum atomic E-state index is 11.6. The molecule has 0 unspecified atom stereocenters. The lowest BCUT2D eigenvalue weighted by atomic mass is 10.1. The van der Waals surface area contributed by atoms with E-state index in [1.54, 1.807) is 4.68 Å². The predicted molar refractivity (Wildman–Crippen MR) is 54.2 cm³/mol. The molecule has 0 atom stereocenters. The number of rotatable bonds is 3. The third-order valence-corrected chi connectivity index (χ3v) is 2.25. The number of nitrogens with zero attached hydrogens (tertiary/aromatic N) is 1. The molecule has 0 spiro atoms. The van der Waals surface area contributed by atoms with E-state index in [9.17, 15) is 4.79 Å². The van der Waals surface area contributed by atoms with E-state index in [2.05, 4.69) is 25.9 Å². The smallest absolute Gasteiger partial charge is 0.269 e. The van der Waals surface area contributed by atoms with Crippen molar-refractivity contribution in [1.29, 1.82) is 0 Å². The number of aromatic nitrogens is 2. The Hall–Kier alpha value is -0.990. The van der Waals surface area contributed by atoms with Crippen LogP contribution in [0.5, 0.6) is 0 Å². The van der Waals surface area contributed by atoms with E-state index in [-0.39, 0.29) is 5.56 Å². The summed E-state index contributed by atoms with van der Waals surface area (Å²) in [6.07, 6.45) is 0.984. The zero-order valence-electron chi connectivity index (χ0n) is 8.85. The van der Waals surface area contributed by atoms with Gasteiger partial charge >= 0.3 is 0 Å². The average Bonchev–Trinajstić information content (AvgIpc) is 2.33.